The number of hydrogen-bond donors (Lipinski definition) is 0. The van der Waals surface area contributed by atoms with Crippen LogP contribution in [0.25, 0.3) is 23.1 Å². The van der Waals surface area contributed by atoms with Crippen LogP contribution in [-0.4, -0.2) is 39.7 Å². The second-order valence-corrected chi connectivity index (χ2v) is 9.12. The summed E-state index contributed by atoms with van der Waals surface area (Å²) in [5, 5.41) is 4.56. The molecule has 1 fully saturated rings. The molecule has 9 heteroatoms. The summed E-state index contributed by atoms with van der Waals surface area (Å²) in [7, 11) is -3.06. The van der Waals surface area contributed by atoms with Crippen LogP contribution in [0, 0.1) is 6.92 Å². The van der Waals surface area contributed by atoms with E-state index in [0.29, 0.717) is 35.3 Å². The SMILES string of the molecule is Cc1ccc(-c2nc(-c3ncoc3C(C)C)n(C3CCS(=O)(=O)C3)n2)o1. The van der Waals surface area contributed by atoms with Gasteiger partial charge < -0.3 is 8.83 Å². The lowest BCUT2D eigenvalue weighted by atomic mass is 10.1. The molecule has 0 aliphatic carbocycles. The fourth-order valence-electron chi connectivity index (χ4n) is 3.20. The summed E-state index contributed by atoms with van der Waals surface area (Å²) in [5.41, 5.74) is 0.589. The zero-order valence-electron chi connectivity index (χ0n) is 14.8. The van der Waals surface area contributed by atoms with Gasteiger partial charge in [-0.05, 0) is 25.5 Å². The molecule has 3 aromatic rings. The van der Waals surface area contributed by atoms with E-state index in [2.05, 4.69) is 15.1 Å². The van der Waals surface area contributed by atoms with Gasteiger partial charge in [0.25, 0.3) is 0 Å². The molecule has 138 valence electrons. The topological polar surface area (TPSA) is 104 Å². The molecule has 1 saturated heterocycles. The lowest BCUT2D eigenvalue weighted by Gasteiger charge is -2.11. The van der Waals surface area contributed by atoms with Crippen LogP contribution in [0.1, 0.15) is 43.7 Å². The summed E-state index contributed by atoms with van der Waals surface area (Å²) in [5.74, 6) is 3.23. The Labute approximate surface area is 151 Å². The summed E-state index contributed by atoms with van der Waals surface area (Å²) < 4.78 is 36.7. The number of aryl methyl sites for hydroxylation is 1. The third-order valence-electron chi connectivity index (χ3n) is 4.48. The van der Waals surface area contributed by atoms with E-state index >= 15 is 0 Å². The number of sulfone groups is 1. The molecular formula is C17H20N4O4S. The molecule has 4 heterocycles. The fourth-order valence-corrected chi connectivity index (χ4v) is 4.89. The normalized spacial score (nSPS) is 19.5. The lowest BCUT2D eigenvalue weighted by molar-refractivity contribution is 0.479. The van der Waals surface area contributed by atoms with Gasteiger partial charge in [-0.3, -0.25) is 0 Å². The number of rotatable bonds is 4. The molecule has 0 spiro atoms. The van der Waals surface area contributed by atoms with Crippen molar-refractivity contribution in [1.29, 1.82) is 0 Å². The first-order valence-electron chi connectivity index (χ1n) is 8.51. The van der Waals surface area contributed by atoms with E-state index in [0.717, 1.165) is 5.76 Å². The standard InChI is InChI=1S/C17H20N4O4S/c1-10(2)15-14(18-9-24-15)17-19-16(13-5-4-11(3)25-13)20-21(17)12-6-7-26(22,23)8-12/h4-5,9-10,12H,6-8H2,1-3H3. The minimum absolute atomic E-state index is 0.0504. The Morgan fingerprint density at radius 1 is 1.31 bits per heavy atom. The molecule has 0 N–H and O–H groups in total. The molecule has 0 bridgehead atoms. The van der Waals surface area contributed by atoms with Crippen LogP contribution in [0.2, 0.25) is 0 Å². The van der Waals surface area contributed by atoms with Crippen LogP contribution in [-0.2, 0) is 9.84 Å². The maximum atomic E-state index is 12.0. The molecule has 1 aliphatic rings. The molecule has 4 rings (SSSR count). The maximum absolute atomic E-state index is 12.0. The van der Waals surface area contributed by atoms with E-state index in [1.54, 1.807) is 10.7 Å². The minimum Gasteiger partial charge on any atom is -0.458 e. The van der Waals surface area contributed by atoms with Crippen LogP contribution in [0.4, 0.5) is 0 Å². The van der Waals surface area contributed by atoms with E-state index in [9.17, 15) is 8.42 Å². The number of aromatic nitrogens is 4. The van der Waals surface area contributed by atoms with Crippen molar-refractivity contribution in [3.8, 4) is 23.1 Å². The van der Waals surface area contributed by atoms with Crippen molar-refractivity contribution >= 4 is 9.84 Å². The fraction of sp³-hybridized carbons (Fsp3) is 0.471. The van der Waals surface area contributed by atoms with Gasteiger partial charge in [-0.15, -0.1) is 5.10 Å². The van der Waals surface area contributed by atoms with Crippen LogP contribution in [0.3, 0.4) is 0 Å². The van der Waals surface area contributed by atoms with Gasteiger partial charge in [0.1, 0.15) is 17.2 Å². The molecular weight excluding hydrogens is 356 g/mol. The molecule has 0 saturated carbocycles. The summed E-state index contributed by atoms with van der Waals surface area (Å²) in [6.45, 7) is 5.85. The van der Waals surface area contributed by atoms with Gasteiger partial charge in [-0.1, -0.05) is 13.8 Å². The predicted octanol–water partition coefficient (Wildman–Crippen LogP) is 2.98. The third kappa shape index (κ3) is 2.96. The van der Waals surface area contributed by atoms with Crippen molar-refractivity contribution < 1.29 is 17.3 Å². The molecule has 3 aromatic heterocycles. The van der Waals surface area contributed by atoms with Gasteiger partial charge in [0.05, 0.1) is 17.5 Å². The molecule has 0 amide bonds. The quantitative estimate of drug-likeness (QED) is 0.689. The van der Waals surface area contributed by atoms with Crippen LogP contribution >= 0.6 is 0 Å². The predicted molar refractivity (Wildman–Crippen MR) is 94.4 cm³/mol. The smallest absolute Gasteiger partial charge is 0.217 e. The van der Waals surface area contributed by atoms with E-state index in [1.165, 1.54) is 6.39 Å². The van der Waals surface area contributed by atoms with Crippen LogP contribution in [0.15, 0.2) is 27.4 Å². The highest BCUT2D eigenvalue weighted by Crippen LogP contribution is 2.33. The number of furan rings is 1. The van der Waals surface area contributed by atoms with Crippen molar-refractivity contribution in [2.45, 2.75) is 39.2 Å². The first-order valence-corrected chi connectivity index (χ1v) is 10.3. The van der Waals surface area contributed by atoms with Gasteiger partial charge in [-0.25, -0.2) is 23.1 Å². The Bertz CT molecular complexity index is 1040. The average Bonchev–Trinajstić information content (AvgIpc) is 3.30. The molecule has 0 radical (unpaired) electrons. The van der Waals surface area contributed by atoms with Crippen LogP contribution in [0.5, 0.6) is 0 Å². The lowest BCUT2D eigenvalue weighted by Crippen LogP contribution is -2.14. The van der Waals surface area contributed by atoms with Gasteiger partial charge in [-0.2, -0.15) is 0 Å². The molecule has 0 aromatic carbocycles. The summed E-state index contributed by atoms with van der Waals surface area (Å²) in [4.78, 5) is 8.93. The molecule has 1 aliphatic heterocycles. The number of nitrogens with zero attached hydrogens (tertiary/aromatic N) is 4. The summed E-state index contributed by atoms with van der Waals surface area (Å²) in [6.07, 6.45) is 1.88. The van der Waals surface area contributed by atoms with Crippen LogP contribution < -0.4 is 0 Å². The van der Waals surface area contributed by atoms with Gasteiger partial charge in [0.15, 0.2) is 27.8 Å². The third-order valence-corrected chi connectivity index (χ3v) is 6.23. The number of oxazole rings is 1. The van der Waals surface area contributed by atoms with Gasteiger partial charge in [0, 0.05) is 5.92 Å². The highest BCUT2D eigenvalue weighted by molar-refractivity contribution is 7.91. The van der Waals surface area contributed by atoms with E-state index in [4.69, 9.17) is 8.83 Å². The average molecular weight is 376 g/mol. The van der Waals surface area contributed by atoms with Gasteiger partial charge >= 0.3 is 0 Å². The van der Waals surface area contributed by atoms with E-state index in [-0.39, 0.29) is 23.5 Å². The monoisotopic (exact) mass is 376 g/mol. The van der Waals surface area contributed by atoms with Crippen molar-refractivity contribution in [2.75, 3.05) is 11.5 Å². The second-order valence-electron chi connectivity index (χ2n) is 6.89. The van der Waals surface area contributed by atoms with Crippen molar-refractivity contribution in [2.24, 2.45) is 0 Å². The highest BCUT2D eigenvalue weighted by Gasteiger charge is 2.34. The molecule has 1 atom stereocenters. The highest BCUT2D eigenvalue weighted by atomic mass is 32.2. The summed E-state index contributed by atoms with van der Waals surface area (Å²) >= 11 is 0. The van der Waals surface area contributed by atoms with E-state index < -0.39 is 9.84 Å². The Kier molecular flexibility index (Phi) is 3.98. The zero-order valence-corrected chi connectivity index (χ0v) is 15.7. The van der Waals surface area contributed by atoms with Gasteiger partial charge in [0.2, 0.25) is 5.82 Å². The minimum atomic E-state index is -3.06. The largest absolute Gasteiger partial charge is 0.458 e. The Balaban J connectivity index is 1.85. The Morgan fingerprint density at radius 2 is 2.12 bits per heavy atom. The van der Waals surface area contributed by atoms with Crippen molar-refractivity contribution in [1.82, 2.24) is 19.7 Å². The first kappa shape index (κ1) is 17.0. The maximum Gasteiger partial charge on any atom is 0.217 e. The van der Waals surface area contributed by atoms with E-state index in [1.807, 2.05) is 26.8 Å². The molecule has 1 unspecified atom stereocenters. The Hall–Kier alpha value is -2.42. The van der Waals surface area contributed by atoms with Crippen molar-refractivity contribution in [3.05, 3.63) is 30.0 Å². The second kappa shape index (κ2) is 6.08. The first-order chi connectivity index (χ1) is 12.3. The Morgan fingerprint density at radius 3 is 2.73 bits per heavy atom. The number of hydrogen-bond acceptors (Lipinski definition) is 7. The van der Waals surface area contributed by atoms with Crippen molar-refractivity contribution in [3.63, 3.8) is 0 Å². The molecule has 8 nitrogen and oxygen atoms in total. The molecule has 26 heavy (non-hydrogen) atoms. The zero-order chi connectivity index (χ0) is 18.5. The summed E-state index contributed by atoms with van der Waals surface area (Å²) in [6, 6.07) is 3.37.